The Labute approximate surface area is 127 Å². The van der Waals surface area contributed by atoms with Gasteiger partial charge in [-0.3, -0.25) is 0 Å². The predicted molar refractivity (Wildman–Crippen MR) is 83.9 cm³/mol. The van der Waals surface area contributed by atoms with E-state index in [0.717, 1.165) is 37.8 Å². The van der Waals surface area contributed by atoms with Gasteiger partial charge < -0.3 is 5.73 Å². The minimum Gasteiger partial charge on any atom is -0.398 e. The normalized spacial score (nSPS) is 12.6. The second-order valence-corrected chi connectivity index (χ2v) is 7.86. The number of rotatable bonds is 8. The number of nitrogens with two attached hydrogens (primary N) is 1. The maximum atomic E-state index is 13.2. The predicted octanol–water partition coefficient (Wildman–Crippen LogP) is 3.29. The SMILES string of the molecule is CCCCCC(C)(C)CNS(=O)(=O)c1cc(F)ccc1N. The third-order valence-corrected chi connectivity index (χ3v) is 4.92. The van der Waals surface area contributed by atoms with Crippen LogP contribution >= 0.6 is 0 Å². The number of halogens is 1. The first kappa shape index (κ1) is 17.9. The zero-order chi connectivity index (χ0) is 16.1. The van der Waals surface area contributed by atoms with Crippen LogP contribution in [0.5, 0.6) is 0 Å². The average Bonchev–Trinajstić information content (AvgIpc) is 2.40. The Morgan fingerprint density at radius 1 is 1.29 bits per heavy atom. The fourth-order valence-electron chi connectivity index (χ4n) is 2.05. The van der Waals surface area contributed by atoms with Crippen molar-refractivity contribution in [3.8, 4) is 0 Å². The standard InChI is InChI=1S/C15H25FN2O2S/c1-4-5-6-9-15(2,3)11-18-21(19,20)14-10-12(16)7-8-13(14)17/h7-8,10,18H,4-6,9,11,17H2,1-3H3. The van der Waals surface area contributed by atoms with Gasteiger partial charge in [0.2, 0.25) is 10.0 Å². The van der Waals surface area contributed by atoms with E-state index in [1.54, 1.807) is 0 Å². The molecule has 0 radical (unpaired) electrons. The molecule has 0 saturated carbocycles. The van der Waals surface area contributed by atoms with Crippen LogP contribution in [-0.2, 0) is 10.0 Å². The van der Waals surface area contributed by atoms with Gasteiger partial charge in [0.05, 0.1) is 5.69 Å². The summed E-state index contributed by atoms with van der Waals surface area (Å²) < 4.78 is 40.2. The summed E-state index contributed by atoms with van der Waals surface area (Å²) in [6.07, 6.45) is 4.25. The Hall–Kier alpha value is -1.14. The zero-order valence-corrected chi connectivity index (χ0v) is 13.8. The highest BCUT2D eigenvalue weighted by molar-refractivity contribution is 7.89. The molecule has 0 saturated heterocycles. The molecule has 0 atom stereocenters. The van der Waals surface area contributed by atoms with Crippen molar-refractivity contribution in [1.82, 2.24) is 4.72 Å². The molecule has 21 heavy (non-hydrogen) atoms. The minimum absolute atomic E-state index is 0.0488. The second-order valence-electron chi connectivity index (χ2n) is 6.13. The first-order valence-corrected chi connectivity index (χ1v) is 8.71. The number of unbranched alkanes of at least 4 members (excludes halogenated alkanes) is 2. The van der Waals surface area contributed by atoms with E-state index in [2.05, 4.69) is 11.6 Å². The largest absolute Gasteiger partial charge is 0.398 e. The molecule has 0 aliphatic heterocycles. The van der Waals surface area contributed by atoms with Crippen LogP contribution in [0.25, 0.3) is 0 Å². The van der Waals surface area contributed by atoms with Crippen LogP contribution in [0.1, 0.15) is 46.5 Å². The fraction of sp³-hybridized carbons (Fsp3) is 0.600. The third kappa shape index (κ3) is 5.63. The first-order valence-electron chi connectivity index (χ1n) is 7.23. The van der Waals surface area contributed by atoms with Crippen LogP contribution < -0.4 is 10.5 Å². The van der Waals surface area contributed by atoms with E-state index >= 15 is 0 Å². The van der Waals surface area contributed by atoms with Gasteiger partial charge in [0.15, 0.2) is 0 Å². The van der Waals surface area contributed by atoms with Crippen molar-refractivity contribution in [2.45, 2.75) is 51.3 Å². The smallest absolute Gasteiger partial charge is 0.242 e. The van der Waals surface area contributed by atoms with Crippen LogP contribution in [0.3, 0.4) is 0 Å². The van der Waals surface area contributed by atoms with E-state index in [4.69, 9.17) is 5.73 Å². The molecule has 0 spiro atoms. The van der Waals surface area contributed by atoms with Crippen molar-refractivity contribution >= 4 is 15.7 Å². The molecule has 0 heterocycles. The molecule has 0 bridgehead atoms. The molecule has 1 rings (SSSR count). The van der Waals surface area contributed by atoms with E-state index < -0.39 is 15.8 Å². The molecule has 120 valence electrons. The van der Waals surface area contributed by atoms with Crippen molar-refractivity contribution in [2.75, 3.05) is 12.3 Å². The summed E-state index contributed by atoms with van der Waals surface area (Å²) in [4.78, 5) is -0.202. The number of nitrogen functional groups attached to an aromatic ring is 1. The summed E-state index contributed by atoms with van der Waals surface area (Å²) in [5, 5.41) is 0. The molecule has 4 nitrogen and oxygen atoms in total. The molecule has 0 unspecified atom stereocenters. The van der Waals surface area contributed by atoms with Crippen LogP contribution in [0.4, 0.5) is 10.1 Å². The van der Waals surface area contributed by atoms with Gasteiger partial charge in [0.1, 0.15) is 10.7 Å². The number of hydrogen-bond donors (Lipinski definition) is 2. The van der Waals surface area contributed by atoms with Gasteiger partial charge in [-0.05, 0) is 30.0 Å². The maximum absolute atomic E-state index is 13.2. The van der Waals surface area contributed by atoms with Crippen LogP contribution in [-0.4, -0.2) is 15.0 Å². The van der Waals surface area contributed by atoms with Gasteiger partial charge in [-0.25, -0.2) is 17.5 Å². The van der Waals surface area contributed by atoms with E-state index in [9.17, 15) is 12.8 Å². The summed E-state index contributed by atoms with van der Waals surface area (Å²) in [6.45, 7) is 6.46. The molecule has 1 aromatic carbocycles. The number of nitrogens with one attached hydrogen (secondary N) is 1. The topological polar surface area (TPSA) is 72.2 Å². The highest BCUT2D eigenvalue weighted by Gasteiger charge is 2.23. The lowest BCUT2D eigenvalue weighted by atomic mass is 9.87. The van der Waals surface area contributed by atoms with Gasteiger partial charge in [-0.1, -0.05) is 40.0 Å². The highest BCUT2D eigenvalue weighted by atomic mass is 32.2. The molecular weight excluding hydrogens is 291 g/mol. The Kier molecular flexibility index (Phi) is 6.16. The molecule has 1 aromatic rings. The average molecular weight is 316 g/mol. The van der Waals surface area contributed by atoms with E-state index in [0.29, 0.717) is 6.54 Å². The zero-order valence-electron chi connectivity index (χ0n) is 12.9. The Morgan fingerprint density at radius 3 is 2.57 bits per heavy atom. The summed E-state index contributed by atoms with van der Waals surface area (Å²) in [5.41, 5.74) is 5.53. The summed E-state index contributed by atoms with van der Waals surface area (Å²) >= 11 is 0. The summed E-state index contributed by atoms with van der Waals surface area (Å²) in [5.74, 6) is -0.619. The van der Waals surface area contributed by atoms with E-state index in [-0.39, 0.29) is 16.0 Å². The van der Waals surface area contributed by atoms with Gasteiger partial charge in [-0.2, -0.15) is 0 Å². The van der Waals surface area contributed by atoms with Gasteiger partial charge in [0.25, 0.3) is 0 Å². The molecule has 0 aliphatic carbocycles. The van der Waals surface area contributed by atoms with Crippen LogP contribution in [0, 0.1) is 11.2 Å². The molecule has 0 fully saturated rings. The first-order chi connectivity index (χ1) is 9.68. The lowest BCUT2D eigenvalue weighted by Crippen LogP contribution is -2.34. The monoisotopic (exact) mass is 316 g/mol. The number of anilines is 1. The molecule has 6 heteroatoms. The van der Waals surface area contributed by atoms with E-state index in [1.165, 1.54) is 6.07 Å². The summed E-state index contributed by atoms with van der Waals surface area (Å²) in [7, 11) is -3.79. The molecule has 3 N–H and O–H groups in total. The van der Waals surface area contributed by atoms with Gasteiger partial charge in [-0.15, -0.1) is 0 Å². The highest BCUT2D eigenvalue weighted by Crippen LogP contribution is 2.25. The van der Waals surface area contributed by atoms with Crippen LogP contribution in [0.15, 0.2) is 23.1 Å². The summed E-state index contributed by atoms with van der Waals surface area (Å²) in [6, 6.07) is 3.35. The minimum atomic E-state index is -3.79. The number of sulfonamides is 1. The number of hydrogen-bond acceptors (Lipinski definition) is 3. The third-order valence-electron chi connectivity index (χ3n) is 3.46. The van der Waals surface area contributed by atoms with Crippen molar-refractivity contribution in [2.24, 2.45) is 5.41 Å². The van der Waals surface area contributed by atoms with Gasteiger partial charge >= 0.3 is 0 Å². The molecule has 0 aliphatic rings. The number of benzene rings is 1. The van der Waals surface area contributed by atoms with Crippen molar-refractivity contribution in [3.05, 3.63) is 24.0 Å². The van der Waals surface area contributed by atoms with Crippen molar-refractivity contribution < 1.29 is 12.8 Å². The van der Waals surface area contributed by atoms with E-state index in [1.807, 2.05) is 13.8 Å². The quantitative estimate of drug-likeness (QED) is 0.571. The van der Waals surface area contributed by atoms with Gasteiger partial charge in [0, 0.05) is 6.54 Å². The Morgan fingerprint density at radius 2 is 1.95 bits per heavy atom. The molecule has 0 amide bonds. The van der Waals surface area contributed by atoms with Crippen molar-refractivity contribution in [1.29, 1.82) is 0 Å². The Balaban J connectivity index is 2.75. The van der Waals surface area contributed by atoms with Crippen molar-refractivity contribution in [3.63, 3.8) is 0 Å². The lowest BCUT2D eigenvalue weighted by Gasteiger charge is -2.25. The van der Waals surface area contributed by atoms with Crippen LogP contribution in [0.2, 0.25) is 0 Å². The maximum Gasteiger partial charge on any atom is 0.242 e. The second kappa shape index (κ2) is 7.22. The molecule has 0 aromatic heterocycles. The molecular formula is C15H25FN2O2S. The lowest BCUT2D eigenvalue weighted by molar-refractivity contribution is 0.320. The fourth-order valence-corrected chi connectivity index (χ4v) is 3.43. The Bertz CT molecular complexity index is 571.